The van der Waals surface area contributed by atoms with Crippen LogP contribution in [0.25, 0.3) is 11.0 Å². The average Bonchev–Trinajstić information content (AvgIpc) is 3.26. The van der Waals surface area contributed by atoms with Crippen molar-refractivity contribution in [3.05, 3.63) is 52.7 Å². The highest BCUT2D eigenvalue weighted by Crippen LogP contribution is 2.31. The number of hydrogen-bond acceptors (Lipinski definition) is 3. The number of benzene rings is 1. The molecule has 0 N–H and O–H groups in total. The molecule has 1 aromatic carbocycles. The molecule has 142 valence electrons. The standard InChI is InChI=1S/C21H24ClFN4/c1-21(2,3)20-24-18(26-9-4-5-10-26)16-8-11-27(19(16)25-20)13-14-6-7-15(23)12-17(14)22/h6-8,11-12H,4-5,9-10,13H2,1-3H3. The molecule has 1 saturated heterocycles. The Kier molecular flexibility index (Phi) is 4.58. The van der Waals surface area contributed by atoms with E-state index in [4.69, 9.17) is 21.6 Å². The number of anilines is 1. The van der Waals surface area contributed by atoms with Gasteiger partial charge in [-0.3, -0.25) is 0 Å². The van der Waals surface area contributed by atoms with Gasteiger partial charge in [0.25, 0.3) is 0 Å². The largest absolute Gasteiger partial charge is 0.356 e. The van der Waals surface area contributed by atoms with E-state index >= 15 is 0 Å². The monoisotopic (exact) mass is 386 g/mol. The lowest BCUT2D eigenvalue weighted by Crippen LogP contribution is -2.23. The van der Waals surface area contributed by atoms with Crippen molar-refractivity contribution < 1.29 is 4.39 Å². The van der Waals surface area contributed by atoms with E-state index in [1.54, 1.807) is 6.07 Å². The Hall–Kier alpha value is -2.14. The van der Waals surface area contributed by atoms with Crippen molar-refractivity contribution in [2.24, 2.45) is 0 Å². The van der Waals surface area contributed by atoms with Crippen molar-refractivity contribution in [2.45, 2.75) is 45.6 Å². The van der Waals surface area contributed by atoms with Gasteiger partial charge >= 0.3 is 0 Å². The summed E-state index contributed by atoms with van der Waals surface area (Å²) in [6.45, 7) is 9.00. The van der Waals surface area contributed by atoms with Crippen LogP contribution in [0.1, 0.15) is 45.0 Å². The molecular weight excluding hydrogens is 363 g/mol. The zero-order valence-electron chi connectivity index (χ0n) is 16.0. The number of aromatic nitrogens is 3. The van der Waals surface area contributed by atoms with Gasteiger partial charge < -0.3 is 9.47 Å². The summed E-state index contributed by atoms with van der Waals surface area (Å²) in [5, 5.41) is 1.49. The number of rotatable bonds is 3. The fourth-order valence-electron chi connectivity index (χ4n) is 3.52. The van der Waals surface area contributed by atoms with Gasteiger partial charge in [0.15, 0.2) is 0 Å². The zero-order chi connectivity index (χ0) is 19.2. The smallest absolute Gasteiger partial charge is 0.146 e. The molecule has 1 aliphatic rings. The number of halogens is 2. The third-order valence-corrected chi connectivity index (χ3v) is 5.38. The first-order valence-corrected chi connectivity index (χ1v) is 9.77. The van der Waals surface area contributed by atoms with Crippen LogP contribution in [0, 0.1) is 5.82 Å². The lowest BCUT2D eigenvalue weighted by Gasteiger charge is -2.23. The first-order chi connectivity index (χ1) is 12.8. The van der Waals surface area contributed by atoms with Gasteiger partial charge in [0.2, 0.25) is 0 Å². The predicted molar refractivity (Wildman–Crippen MR) is 108 cm³/mol. The van der Waals surface area contributed by atoms with Crippen molar-refractivity contribution >= 4 is 28.5 Å². The number of nitrogens with zero attached hydrogens (tertiary/aromatic N) is 4. The highest BCUT2D eigenvalue weighted by molar-refractivity contribution is 6.31. The van der Waals surface area contributed by atoms with Crippen LogP contribution >= 0.6 is 11.6 Å². The minimum Gasteiger partial charge on any atom is -0.356 e. The van der Waals surface area contributed by atoms with E-state index in [0.29, 0.717) is 11.6 Å². The summed E-state index contributed by atoms with van der Waals surface area (Å²) < 4.78 is 15.4. The van der Waals surface area contributed by atoms with Crippen molar-refractivity contribution in [2.75, 3.05) is 18.0 Å². The first kappa shape index (κ1) is 18.2. The van der Waals surface area contributed by atoms with Gasteiger partial charge in [0.05, 0.1) is 11.9 Å². The van der Waals surface area contributed by atoms with Gasteiger partial charge in [-0.1, -0.05) is 38.4 Å². The van der Waals surface area contributed by atoms with Crippen LogP contribution in [0.4, 0.5) is 10.2 Å². The minimum absolute atomic E-state index is 0.148. The van der Waals surface area contributed by atoms with Crippen LogP contribution in [0.3, 0.4) is 0 Å². The lowest BCUT2D eigenvalue weighted by molar-refractivity contribution is 0.546. The fourth-order valence-corrected chi connectivity index (χ4v) is 3.74. The molecule has 0 saturated carbocycles. The molecule has 4 nitrogen and oxygen atoms in total. The average molecular weight is 387 g/mol. The molecule has 0 amide bonds. The second-order valence-corrected chi connectivity index (χ2v) is 8.64. The molecule has 0 atom stereocenters. The molecule has 6 heteroatoms. The summed E-state index contributed by atoms with van der Waals surface area (Å²) >= 11 is 6.24. The molecule has 1 aliphatic heterocycles. The summed E-state index contributed by atoms with van der Waals surface area (Å²) in [5.74, 6) is 1.53. The molecule has 0 bridgehead atoms. The quantitative estimate of drug-likeness (QED) is 0.622. The Morgan fingerprint density at radius 1 is 1.11 bits per heavy atom. The normalized spacial score (nSPS) is 15.1. The van der Waals surface area contributed by atoms with Crippen LogP contribution in [0.15, 0.2) is 30.5 Å². The Morgan fingerprint density at radius 3 is 2.52 bits per heavy atom. The van der Waals surface area contributed by atoms with E-state index in [9.17, 15) is 4.39 Å². The van der Waals surface area contributed by atoms with Crippen LogP contribution in [-0.2, 0) is 12.0 Å². The molecule has 3 heterocycles. The summed E-state index contributed by atoms with van der Waals surface area (Å²) in [5.41, 5.74) is 1.62. The van der Waals surface area contributed by atoms with Crippen LogP contribution in [-0.4, -0.2) is 27.6 Å². The molecule has 27 heavy (non-hydrogen) atoms. The maximum Gasteiger partial charge on any atom is 0.146 e. The predicted octanol–water partition coefficient (Wildman–Crippen LogP) is 5.17. The van der Waals surface area contributed by atoms with Gasteiger partial charge in [-0.25, -0.2) is 14.4 Å². The third kappa shape index (κ3) is 3.53. The SMILES string of the molecule is CC(C)(C)c1nc(N2CCCC2)c2ccn(Cc3ccc(F)cc3Cl)c2n1. The van der Waals surface area contributed by atoms with Gasteiger partial charge in [-0.2, -0.15) is 0 Å². The lowest BCUT2D eigenvalue weighted by atomic mass is 9.95. The highest BCUT2D eigenvalue weighted by Gasteiger charge is 2.25. The van der Waals surface area contributed by atoms with Crippen molar-refractivity contribution in [3.63, 3.8) is 0 Å². The molecule has 0 radical (unpaired) electrons. The highest BCUT2D eigenvalue weighted by atomic mass is 35.5. The Bertz CT molecular complexity index is 984. The van der Waals surface area contributed by atoms with Crippen molar-refractivity contribution in [1.29, 1.82) is 0 Å². The van der Waals surface area contributed by atoms with E-state index in [1.165, 1.54) is 25.0 Å². The van der Waals surface area contributed by atoms with E-state index in [0.717, 1.165) is 41.3 Å². The molecular formula is C21H24ClFN4. The third-order valence-electron chi connectivity index (χ3n) is 5.03. The molecule has 3 aromatic rings. The number of hydrogen-bond donors (Lipinski definition) is 0. The van der Waals surface area contributed by atoms with Crippen LogP contribution in [0.2, 0.25) is 5.02 Å². The van der Waals surface area contributed by atoms with E-state index in [2.05, 4.69) is 36.3 Å². The van der Waals surface area contributed by atoms with Crippen molar-refractivity contribution in [3.8, 4) is 0 Å². The van der Waals surface area contributed by atoms with E-state index in [1.807, 2.05) is 6.20 Å². The molecule has 1 fully saturated rings. The molecule has 2 aromatic heterocycles. The molecule has 0 spiro atoms. The number of fused-ring (bicyclic) bond motifs is 1. The topological polar surface area (TPSA) is 34.0 Å². The van der Waals surface area contributed by atoms with E-state index < -0.39 is 0 Å². The minimum atomic E-state index is -0.324. The Labute approximate surface area is 164 Å². The maximum atomic E-state index is 13.4. The molecule has 0 unspecified atom stereocenters. The Morgan fingerprint density at radius 2 is 1.85 bits per heavy atom. The zero-order valence-corrected chi connectivity index (χ0v) is 16.7. The second kappa shape index (κ2) is 6.79. The fraction of sp³-hybridized carbons (Fsp3) is 0.429. The first-order valence-electron chi connectivity index (χ1n) is 9.39. The van der Waals surface area contributed by atoms with Gasteiger partial charge in [0, 0.05) is 29.7 Å². The summed E-state index contributed by atoms with van der Waals surface area (Å²) in [6.07, 6.45) is 4.41. The van der Waals surface area contributed by atoms with Gasteiger partial charge in [0.1, 0.15) is 23.1 Å². The summed E-state index contributed by atoms with van der Waals surface area (Å²) in [6, 6.07) is 6.61. The van der Waals surface area contributed by atoms with Gasteiger partial charge in [-0.05, 0) is 36.6 Å². The van der Waals surface area contributed by atoms with Crippen LogP contribution in [0.5, 0.6) is 0 Å². The van der Waals surface area contributed by atoms with Crippen LogP contribution < -0.4 is 4.90 Å². The molecule has 0 aliphatic carbocycles. The maximum absolute atomic E-state index is 13.4. The summed E-state index contributed by atoms with van der Waals surface area (Å²) in [7, 11) is 0. The second-order valence-electron chi connectivity index (χ2n) is 8.23. The molecule has 4 rings (SSSR count). The summed E-state index contributed by atoms with van der Waals surface area (Å²) in [4.78, 5) is 12.2. The van der Waals surface area contributed by atoms with Gasteiger partial charge in [-0.15, -0.1) is 0 Å². The van der Waals surface area contributed by atoms with E-state index in [-0.39, 0.29) is 11.2 Å². The Balaban J connectivity index is 1.83. The van der Waals surface area contributed by atoms with Crippen molar-refractivity contribution in [1.82, 2.24) is 14.5 Å².